The molecule has 126 heavy (non-hydrogen) atoms. The summed E-state index contributed by atoms with van der Waals surface area (Å²) in [5, 5.41) is 31.4. The maximum atomic E-state index is 12.7. The summed E-state index contributed by atoms with van der Waals surface area (Å²) in [6.07, 6.45) is 17.6. The summed E-state index contributed by atoms with van der Waals surface area (Å²) in [6.45, 7) is 8.84. The van der Waals surface area contributed by atoms with Gasteiger partial charge in [-0.2, -0.15) is 0 Å². The summed E-state index contributed by atoms with van der Waals surface area (Å²) < 4.78 is 31.4. The summed E-state index contributed by atoms with van der Waals surface area (Å²) in [4.78, 5) is 81.4. The quantitative estimate of drug-likeness (QED) is 0.0209. The van der Waals surface area contributed by atoms with Crippen molar-refractivity contribution in [2.45, 2.75) is 59.7 Å². The Morgan fingerprint density at radius 2 is 0.873 bits per heavy atom. The predicted molar refractivity (Wildman–Crippen MR) is 495 cm³/mol. The molecule has 6 aromatic heterocycles. The van der Waals surface area contributed by atoms with Gasteiger partial charge in [0.2, 0.25) is 11.5 Å². The van der Waals surface area contributed by atoms with Gasteiger partial charge in [-0.1, -0.05) is 157 Å². The number of aromatic nitrogens is 6. The van der Waals surface area contributed by atoms with Crippen LogP contribution in [-0.4, -0.2) is 141 Å². The zero-order valence-electron chi connectivity index (χ0n) is 70.7. The van der Waals surface area contributed by atoms with Gasteiger partial charge < -0.3 is 64.8 Å². The summed E-state index contributed by atoms with van der Waals surface area (Å²) in [6, 6.07) is 72.1. The number of fused-ring (bicyclic) bond motifs is 5. The second kappa shape index (κ2) is 48.9. The number of hydrogen-bond donors (Lipinski definition) is 5. The maximum Gasteiger partial charge on any atom is 0.300 e. The fraction of sp³-hybridized carbons (Fsp3) is 0.186. The van der Waals surface area contributed by atoms with Crippen LogP contribution in [0.2, 0.25) is 10.3 Å². The third kappa shape index (κ3) is 27.0. The molecule has 0 atom stereocenters. The molecule has 3 aliphatic heterocycles. The van der Waals surface area contributed by atoms with E-state index in [4.69, 9.17) is 88.8 Å². The Kier molecular flexibility index (Phi) is 37.6. The molecule has 6 N–H and O–H groups in total. The summed E-state index contributed by atoms with van der Waals surface area (Å²) in [5.41, 5.74) is 19.7. The molecule has 0 radical (unpaired) electrons. The van der Waals surface area contributed by atoms with Gasteiger partial charge in [-0.05, 0) is 194 Å². The van der Waals surface area contributed by atoms with Gasteiger partial charge in [0.05, 0.1) is 59.3 Å². The van der Waals surface area contributed by atoms with E-state index in [1.54, 1.807) is 128 Å². The normalized spacial score (nSPS) is 11.7. The number of benzene rings is 8. The minimum Gasteiger partial charge on any atom is -0.493 e. The van der Waals surface area contributed by atoms with E-state index < -0.39 is 25.1 Å². The Morgan fingerprint density at radius 3 is 1.32 bits per heavy atom. The van der Waals surface area contributed by atoms with Crippen LogP contribution in [0, 0.1) is 6.92 Å². The minimum atomic E-state index is -0.833. The Bertz CT molecular complexity index is 5880. The van der Waals surface area contributed by atoms with Crippen LogP contribution in [-0.2, 0) is 68.9 Å². The Morgan fingerprint density at radius 1 is 0.460 bits per heavy atom. The van der Waals surface area contributed by atoms with E-state index in [-0.39, 0.29) is 32.2 Å². The number of hydrogen-bond acceptors (Lipinski definition) is 20. The Labute approximate surface area is 761 Å². The van der Waals surface area contributed by atoms with E-state index in [0.29, 0.717) is 99.2 Å². The minimum absolute atomic E-state index is 0. The number of nitrogens with one attached hydrogen (secondary N) is 2. The molecule has 17 rings (SSSR count). The number of carboxylic acid groups (broad SMARTS) is 2. The van der Waals surface area contributed by atoms with Gasteiger partial charge in [0.25, 0.3) is 29.0 Å². The van der Waals surface area contributed by atoms with Crippen molar-refractivity contribution < 1.29 is 83.0 Å². The van der Waals surface area contributed by atoms with Gasteiger partial charge in [-0.25, -0.2) is 15.0 Å². The second-order valence-electron chi connectivity index (χ2n) is 28.0. The first-order valence-corrected chi connectivity index (χ1v) is 41.9. The molecule has 8 aromatic carbocycles. The fourth-order valence-electron chi connectivity index (χ4n) is 13.8. The van der Waals surface area contributed by atoms with Crippen molar-refractivity contribution in [2.75, 3.05) is 73.3 Å². The van der Waals surface area contributed by atoms with Crippen LogP contribution in [0.3, 0.4) is 0 Å². The molecule has 9 heterocycles. The van der Waals surface area contributed by atoms with E-state index in [1.807, 2.05) is 52.5 Å². The topological polar surface area (TPSA) is 315 Å². The van der Waals surface area contributed by atoms with Crippen LogP contribution < -0.4 is 60.7 Å². The van der Waals surface area contributed by atoms with Crippen LogP contribution in [0.15, 0.2) is 268 Å². The number of nitrogen functional groups attached to an aromatic ring is 1. The first-order chi connectivity index (χ1) is 60.5. The van der Waals surface area contributed by atoms with Crippen molar-refractivity contribution in [3.8, 4) is 45.6 Å². The van der Waals surface area contributed by atoms with E-state index in [2.05, 4.69) is 181 Å². The zero-order chi connectivity index (χ0) is 89.3. The summed E-state index contributed by atoms with van der Waals surface area (Å²) in [5.74, 6) is 2.39. The Balaban J connectivity index is 0.000000177. The molecule has 0 spiro atoms. The molecule has 2 amide bonds. The van der Waals surface area contributed by atoms with Crippen LogP contribution in [0.1, 0.15) is 83.9 Å². The number of methoxy groups -OCH3 is 6. The smallest absolute Gasteiger partial charge is 0.300 e. The number of nitrogens with zero attached hydrogens (tertiary/aromatic N) is 8. The van der Waals surface area contributed by atoms with Gasteiger partial charge in [-0.15, -0.1) is 0 Å². The first kappa shape index (κ1) is 96.9. The van der Waals surface area contributed by atoms with Crippen LogP contribution >= 0.6 is 42.7 Å². The number of anilines is 3. The van der Waals surface area contributed by atoms with Gasteiger partial charge in [-0.3, -0.25) is 38.9 Å². The van der Waals surface area contributed by atoms with Crippen LogP contribution in [0.4, 0.5) is 17.2 Å². The monoisotopic (exact) mass is 1860 g/mol. The SMILES string of the molecule is CC(=O)O.CC(=O)O.COc1cc(N)cc(OC)c1OC.COc1cc(Nc2cc3c(cn2)CN(C(=O)c2cccnc2)CC3)cc(OC)c1OC.Cc1ccc2ccccc2c1-c1c(P(c2ccccc2)c2ccccc2)ccc2ccccc12.Clc1cc2c(cn1)CNCC2.O=C(Cl)c1cccnc1.O=C(c1cccnc1)N1CCc2cc(Cl)ncc2C1.[Pd]. The molecular formula is C97H95Cl3N11O13PPd. The molecule has 0 aliphatic carbocycles. The second-order valence-corrected chi connectivity index (χ2v) is 31.3. The van der Waals surface area contributed by atoms with Gasteiger partial charge in [0, 0.05) is 158 Å². The molecule has 0 saturated carbocycles. The van der Waals surface area contributed by atoms with Crippen molar-refractivity contribution in [1.29, 1.82) is 0 Å². The molecule has 29 heteroatoms. The number of pyridine rings is 6. The number of halogens is 3. The van der Waals surface area contributed by atoms with Crippen molar-refractivity contribution >= 4 is 126 Å². The number of carbonyl (C=O) groups is 5. The number of amides is 2. The molecule has 3 aliphatic rings. The predicted octanol–water partition coefficient (Wildman–Crippen LogP) is 17.8. The van der Waals surface area contributed by atoms with Crippen molar-refractivity contribution in [3.05, 3.63) is 334 Å². The average molecular weight is 1870 g/mol. The molecular weight excluding hydrogens is 1770 g/mol. The molecule has 14 aromatic rings. The van der Waals surface area contributed by atoms with E-state index in [0.717, 1.165) is 63.0 Å². The van der Waals surface area contributed by atoms with Crippen molar-refractivity contribution in [3.63, 3.8) is 0 Å². The molecule has 0 saturated heterocycles. The van der Waals surface area contributed by atoms with Gasteiger partial charge >= 0.3 is 0 Å². The number of rotatable bonds is 15. The summed E-state index contributed by atoms with van der Waals surface area (Å²) in [7, 11) is 8.66. The average Bonchev–Trinajstić information content (AvgIpc) is 0.740. The number of ether oxygens (including phenoxy) is 6. The molecule has 652 valence electrons. The number of carboxylic acids is 2. The first-order valence-electron chi connectivity index (χ1n) is 39.4. The molecule has 0 unspecified atom stereocenters. The standard InChI is InChI=1S/C33H25P.C23H24N4O4.C14H12ClN3O.C9H13NO3.C8H9ClN2.C6H4ClNO.2C2H4O2.Pd/c1-24-20-21-25-12-8-10-18-29(25)32(24)33-30-19-11-9-13-26(30)22-23-31(33)34(27-14-4-2-5-15-27)28-16-6-3-7-17-28;1-29-19-10-18(11-20(30-2)22(19)31-3)26-21-9-15-6-8-27(14-17(15)13-25-21)23(28)16-5-4-7-24-12-16;15-13-6-10-3-5-18(9-12(10)8-17-13)14(19)11-2-1-4-16-7-11;1-11-7-4-6(10)5-8(12-2)9(7)13-3;9-8-3-6-1-2-10-4-7(6)5-11-8;7-6(9)5-2-1-3-8-4-5;2*1-2(3)4;/h2-23H,1H3;4-5,7,9-13H,6,8,14H2,1-3H3,(H,25,26);1-2,4,6-8H,3,5,9H2;4-5H,10H2,1-3H3;3,5,10H,1-2,4H2;1-4H;2*1H3,(H,3,4);. The number of aryl methyl sites for hydroxylation is 1. The summed E-state index contributed by atoms with van der Waals surface area (Å²) >= 11 is 16.7. The van der Waals surface area contributed by atoms with Gasteiger partial charge in [0.15, 0.2) is 23.0 Å². The number of aliphatic carboxylic acids is 2. The van der Waals surface area contributed by atoms with Crippen molar-refractivity contribution in [2.24, 2.45) is 0 Å². The van der Waals surface area contributed by atoms with Crippen LogP contribution in [0.25, 0.3) is 32.7 Å². The number of carbonyl (C=O) groups excluding carboxylic acids is 3. The molecule has 0 bridgehead atoms. The Hall–Kier alpha value is -12.9. The largest absolute Gasteiger partial charge is 0.493 e. The van der Waals surface area contributed by atoms with E-state index in [9.17, 15) is 14.4 Å². The fourth-order valence-corrected chi connectivity index (χ4v) is 16.8. The molecule has 0 fully saturated rings. The van der Waals surface area contributed by atoms with Gasteiger partial charge in [0.1, 0.15) is 16.1 Å². The maximum absolute atomic E-state index is 12.7. The molecule has 24 nitrogen and oxygen atoms in total. The van der Waals surface area contributed by atoms with Crippen molar-refractivity contribution in [1.82, 2.24) is 45.0 Å². The third-order valence-electron chi connectivity index (χ3n) is 19.6. The van der Waals surface area contributed by atoms with Crippen LogP contribution in [0.5, 0.6) is 34.5 Å². The number of nitrogens with two attached hydrogens (primary N) is 1. The third-order valence-corrected chi connectivity index (χ3v) is 22.7. The van der Waals surface area contributed by atoms with E-state index in [1.165, 1.54) is 82.6 Å². The zero-order valence-corrected chi connectivity index (χ0v) is 75.4. The van der Waals surface area contributed by atoms with E-state index >= 15 is 0 Å².